The van der Waals surface area contributed by atoms with Gasteiger partial charge in [-0.25, -0.2) is 0 Å². The van der Waals surface area contributed by atoms with E-state index in [1.807, 2.05) is 0 Å². The van der Waals surface area contributed by atoms with Gasteiger partial charge in [0.1, 0.15) is 14.0 Å². The molecule has 1 aromatic rings. The average Bonchev–Trinajstić information content (AvgIpc) is 2.17. The maximum atomic E-state index is 11.5. The number of benzene rings is 1. The third kappa shape index (κ3) is 3.43. The average molecular weight is 230 g/mol. The molecular weight excluding hydrogens is 219 g/mol. The first-order valence-electron chi connectivity index (χ1n) is 4.22. The molecule has 15 heavy (non-hydrogen) atoms. The standard InChI is InChI=1S/C8H11N2O4P/c9-8(11)5-15(14)7-3-1-6(2-4-7)10(12)13/h1-4,8,11,15H,5,9H2. The molecule has 6 nitrogen and oxygen atoms in total. The van der Waals surface area contributed by atoms with Gasteiger partial charge in [0.15, 0.2) is 0 Å². The summed E-state index contributed by atoms with van der Waals surface area (Å²) in [5, 5.41) is 19.6. The molecule has 0 saturated heterocycles. The second kappa shape index (κ2) is 5.02. The lowest BCUT2D eigenvalue weighted by Gasteiger charge is -2.04. The Labute approximate surface area is 86.7 Å². The van der Waals surface area contributed by atoms with E-state index >= 15 is 0 Å². The molecule has 0 amide bonds. The Morgan fingerprint density at radius 1 is 1.47 bits per heavy atom. The van der Waals surface area contributed by atoms with Gasteiger partial charge in [0.05, 0.1) is 4.92 Å². The molecule has 1 rings (SSSR count). The fraction of sp³-hybridized carbons (Fsp3) is 0.250. The van der Waals surface area contributed by atoms with Crippen molar-refractivity contribution < 1.29 is 14.6 Å². The minimum atomic E-state index is -2.16. The number of nitro groups is 1. The highest BCUT2D eigenvalue weighted by atomic mass is 31.1. The zero-order valence-electron chi connectivity index (χ0n) is 7.79. The van der Waals surface area contributed by atoms with Crippen molar-refractivity contribution in [1.82, 2.24) is 0 Å². The van der Waals surface area contributed by atoms with Gasteiger partial charge in [-0.2, -0.15) is 0 Å². The molecule has 2 unspecified atom stereocenters. The minimum absolute atomic E-state index is 0.0114. The quantitative estimate of drug-likeness (QED) is 0.329. The first-order chi connectivity index (χ1) is 7.00. The van der Waals surface area contributed by atoms with Gasteiger partial charge in [-0.1, -0.05) is 0 Å². The van der Waals surface area contributed by atoms with Crippen molar-refractivity contribution in [2.45, 2.75) is 6.23 Å². The Morgan fingerprint density at radius 2 is 2.00 bits per heavy atom. The number of non-ortho nitro benzene ring substituents is 1. The van der Waals surface area contributed by atoms with Crippen LogP contribution >= 0.6 is 7.80 Å². The van der Waals surface area contributed by atoms with Crippen molar-refractivity contribution in [3.63, 3.8) is 0 Å². The molecule has 0 fully saturated rings. The van der Waals surface area contributed by atoms with Gasteiger partial charge >= 0.3 is 0 Å². The van der Waals surface area contributed by atoms with Gasteiger partial charge in [0, 0.05) is 23.6 Å². The number of nitrogens with two attached hydrogens (primary N) is 1. The maximum Gasteiger partial charge on any atom is 0.269 e. The maximum absolute atomic E-state index is 11.5. The van der Waals surface area contributed by atoms with E-state index in [-0.39, 0.29) is 11.8 Å². The van der Waals surface area contributed by atoms with E-state index in [0.29, 0.717) is 5.30 Å². The van der Waals surface area contributed by atoms with E-state index in [4.69, 9.17) is 10.8 Å². The van der Waals surface area contributed by atoms with Crippen LogP contribution in [0.25, 0.3) is 0 Å². The molecule has 0 aliphatic carbocycles. The summed E-state index contributed by atoms with van der Waals surface area (Å²) in [6.07, 6.45) is -1.13. The van der Waals surface area contributed by atoms with Gasteiger partial charge < -0.3 is 15.4 Å². The summed E-state index contributed by atoms with van der Waals surface area (Å²) in [4.78, 5) is 9.81. The number of nitrogens with zero attached hydrogens (tertiary/aromatic N) is 1. The van der Waals surface area contributed by atoms with Crippen LogP contribution in [0.15, 0.2) is 24.3 Å². The van der Waals surface area contributed by atoms with E-state index in [9.17, 15) is 14.7 Å². The van der Waals surface area contributed by atoms with Crippen LogP contribution in [0, 0.1) is 10.1 Å². The van der Waals surface area contributed by atoms with E-state index in [1.54, 1.807) is 0 Å². The number of nitro benzene ring substituents is 1. The molecule has 1 aromatic carbocycles. The van der Waals surface area contributed by atoms with Crippen molar-refractivity contribution in [3.8, 4) is 0 Å². The minimum Gasteiger partial charge on any atom is -0.378 e. The number of aliphatic hydroxyl groups excluding tert-OH is 1. The molecule has 0 heterocycles. The first kappa shape index (κ1) is 11.8. The van der Waals surface area contributed by atoms with Crippen molar-refractivity contribution in [3.05, 3.63) is 34.4 Å². The van der Waals surface area contributed by atoms with Gasteiger partial charge in [-0.05, 0) is 12.1 Å². The SMILES string of the molecule is NC(O)C[PH](=O)c1ccc([N+](=O)[O-])cc1. The monoisotopic (exact) mass is 230 g/mol. The first-order valence-corrected chi connectivity index (χ1v) is 5.83. The summed E-state index contributed by atoms with van der Waals surface area (Å²) < 4.78 is 11.5. The van der Waals surface area contributed by atoms with Crippen LogP contribution < -0.4 is 11.0 Å². The van der Waals surface area contributed by atoms with E-state index in [1.165, 1.54) is 24.3 Å². The van der Waals surface area contributed by atoms with Crippen LogP contribution in [0.3, 0.4) is 0 Å². The van der Waals surface area contributed by atoms with Crippen molar-refractivity contribution in [2.24, 2.45) is 5.73 Å². The van der Waals surface area contributed by atoms with E-state index < -0.39 is 19.0 Å². The van der Waals surface area contributed by atoms with Gasteiger partial charge in [-0.3, -0.25) is 10.1 Å². The van der Waals surface area contributed by atoms with E-state index in [0.717, 1.165) is 0 Å². The second-order valence-corrected chi connectivity index (χ2v) is 4.83. The predicted molar refractivity (Wildman–Crippen MR) is 56.8 cm³/mol. The van der Waals surface area contributed by atoms with Crippen molar-refractivity contribution in [1.29, 1.82) is 0 Å². The molecular formula is C8H11N2O4P. The van der Waals surface area contributed by atoms with Crippen LogP contribution in [0.2, 0.25) is 0 Å². The Bertz CT molecular complexity index is 377. The van der Waals surface area contributed by atoms with Crippen LogP contribution in [0.5, 0.6) is 0 Å². The summed E-state index contributed by atoms with van der Waals surface area (Å²) in [6.45, 7) is 0. The third-order valence-corrected chi connectivity index (χ3v) is 3.56. The highest BCUT2D eigenvalue weighted by Gasteiger charge is 2.10. The fourth-order valence-corrected chi connectivity index (χ4v) is 2.23. The topological polar surface area (TPSA) is 106 Å². The van der Waals surface area contributed by atoms with Crippen molar-refractivity contribution >= 4 is 18.8 Å². The lowest BCUT2D eigenvalue weighted by molar-refractivity contribution is -0.384. The molecule has 0 radical (unpaired) electrons. The highest BCUT2D eigenvalue weighted by Crippen LogP contribution is 2.21. The Hall–Kier alpha value is -1.23. The molecule has 0 spiro atoms. The summed E-state index contributed by atoms with van der Waals surface area (Å²) in [5.74, 6) is 0. The van der Waals surface area contributed by atoms with Gasteiger partial charge in [0.2, 0.25) is 0 Å². The molecule has 0 aliphatic rings. The largest absolute Gasteiger partial charge is 0.378 e. The summed E-state index contributed by atoms with van der Waals surface area (Å²) in [5.41, 5.74) is 5.03. The smallest absolute Gasteiger partial charge is 0.269 e. The molecule has 0 aromatic heterocycles. The third-order valence-electron chi connectivity index (χ3n) is 1.79. The Balaban J connectivity index is 2.80. The van der Waals surface area contributed by atoms with E-state index in [2.05, 4.69) is 0 Å². The molecule has 3 N–H and O–H groups in total. The zero-order chi connectivity index (χ0) is 11.4. The molecule has 82 valence electrons. The van der Waals surface area contributed by atoms with Crippen molar-refractivity contribution in [2.75, 3.05) is 6.16 Å². The van der Waals surface area contributed by atoms with Crippen LogP contribution in [-0.4, -0.2) is 22.4 Å². The summed E-state index contributed by atoms with van der Waals surface area (Å²) in [6, 6.07) is 5.39. The Kier molecular flexibility index (Phi) is 3.96. The Morgan fingerprint density at radius 3 is 2.40 bits per heavy atom. The van der Waals surface area contributed by atoms with Crippen LogP contribution in [0.1, 0.15) is 0 Å². The second-order valence-electron chi connectivity index (χ2n) is 3.00. The molecule has 7 heteroatoms. The predicted octanol–water partition coefficient (Wildman–Crippen LogP) is 0.0569. The summed E-state index contributed by atoms with van der Waals surface area (Å²) >= 11 is 0. The molecule has 0 bridgehead atoms. The lowest BCUT2D eigenvalue weighted by atomic mass is 10.3. The normalized spacial score (nSPS) is 14.5. The van der Waals surface area contributed by atoms with Crippen LogP contribution in [0.4, 0.5) is 5.69 Å². The lowest BCUT2D eigenvalue weighted by Crippen LogP contribution is -2.22. The van der Waals surface area contributed by atoms with Gasteiger partial charge in [-0.15, -0.1) is 0 Å². The summed E-state index contributed by atoms with van der Waals surface area (Å²) in [7, 11) is -2.16. The number of rotatable bonds is 4. The zero-order valence-corrected chi connectivity index (χ0v) is 8.79. The fourth-order valence-electron chi connectivity index (χ4n) is 1.08. The molecule has 0 aliphatic heterocycles. The van der Waals surface area contributed by atoms with Crippen LogP contribution in [-0.2, 0) is 4.57 Å². The molecule has 2 atom stereocenters. The number of aliphatic hydroxyl groups is 1. The number of hydrogen-bond acceptors (Lipinski definition) is 5. The number of hydrogen-bond donors (Lipinski definition) is 2. The molecule has 0 saturated carbocycles. The van der Waals surface area contributed by atoms with Gasteiger partial charge in [0.25, 0.3) is 5.69 Å². The highest BCUT2D eigenvalue weighted by molar-refractivity contribution is 7.53.